The highest BCUT2D eigenvalue weighted by Crippen LogP contribution is 2.45. The van der Waals surface area contributed by atoms with Gasteiger partial charge in [0.25, 0.3) is 5.91 Å². The molecule has 1 atom stereocenters. The molecule has 1 aliphatic carbocycles. The van der Waals surface area contributed by atoms with Gasteiger partial charge in [-0.1, -0.05) is 37.5 Å². The number of nitrogens with one attached hydrogen (secondary N) is 1. The van der Waals surface area contributed by atoms with Gasteiger partial charge in [0, 0.05) is 43.3 Å². The Hall–Kier alpha value is -1.88. The van der Waals surface area contributed by atoms with Crippen molar-refractivity contribution in [3.8, 4) is 0 Å². The highest BCUT2D eigenvalue weighted by molar-refractivity contribution is 5.96. The molecule has 5 heteroatoms. The standard InChI is InChI=1S/C23H32N2O3/c1-17-7-5-6-10-19(17)22(27)25-15-20(23(16-25)11-13-28-14-12-23)21(26)24-18-8-3-2-4-9-18/h5-7,10,18,20H,2-4,8-9,11-16H2,1H3,(H,24,26). The fraction of sp³-hybridized carbons (Fsp3) is 0.652. The number of hydrogen-bond donors (Lipinski definition) is 1. The van der Waals surface area contributed by atoms with Crippen LogP contribution in [0.15, 0.2) is 24.3 Å². The molecule has 5 nitrogen and oxygen atoms in total. The van der Waals surface area contributed by atoms with Crippen molar-refractivity contribution in [2.75, 3.05) is 26.3 Å². The van der Waals surface area contributed by atoms with Crippen LogP contribution in [0.1, 0.15) is 60.9 Å². The first-order chi connectivity index (χ1) is 13.6. The van der Waals surface area contributed by atoms with Crippen molar-refractivity contribution in [1.82, 2.24) is 10.2 Å². The molecule has 3 aliphatic rings. The molecular formula is C23H32N2O3. The van der Waals surface area contributed by atoms with Crippen molar-refractivity contribution in [3.63, 3.8) is 0 Å². The largest absolute Gasteiger partial charge is 0.381 e. The topological polar surface area (TPSA) is 58.6 Å². The van der Waals surface area contributed by atoms with Crippen LogP contribution in [0.2, 0.25) is 0 Å². The number of amides is 2. The maximum atomic E-state index is 13.3. The van der Waals surface area contributed by atoms with E-state index in [-0.39, 0.29) is 23.1 Å². The first kappa shape index (κ1) is 19.4. The van der Waals surface area contributed by atoms with E-state index < -0.39 is 0 Å². The van der Waals surface area contributed by atoms with Crippen LogP contribution in [0.3, 0.4) is 0 Å². The van der Waals surface area contributed by atoms with Crippen LogP contribution in [0.25, 0.3) is 0 Å². The van der Waals surface area contributed by atoms with Crippen LogP contribution in [0.4, 0.5) is 0 Å². The molecule has 1 aromatic rings. The van der Waals surface area contributed by atoms with Gasteiger partial charge < -0.3 is 15.0 Å². The maximum absolute atomic E-state index is 13.3. The number of rotatable bonds is 3. The second-order valence-corrected chi connectivity index (χ2v) is 8.87. The summed E-state index contributed by atoms with van der Waals surface area (Å²) in [6.45, 7) is 4.51. The zero-order valence-electron chi connectivity index (χ0n) is 16.9. The summed E-state index contributed by atoms with van der Waals surface area (Å²) in [5, 5.41) is 3.33. The van der Waals surface area contributed by atoms with Crippen LogP contribution in [0, 0.1) is 18.3 Å². The molecule has 1 N–H and O–H groups in total. The Morgan fingerprint density at radius 2 is 1.82 bits per heavy atom. The van der Waals surface area contributed by atoms with Crippen molar-refractivity contribution in [3.05, 3.63) is 35.4 Å². The van der Waals surface area contributed by atoms with Crippen molar-refractivity contribution in [1.29, 1.82) is 0 Å². The molecule has 28 heavy (non-hydrogen) atoms. The highest BCUT2D eigenvalue weighted by atomic mass is 16.5. The summed E-state index contributed by atoms with van der Waals surface area (Å²) < 4.78 is 5.60. The molecule has 1 aromatic carbocycles. The molecule has 1 saturated carbocycles. The number of carbonyl (C=O) groups is 2. The van der Waals surface area contributed by atoms with E-state index in [1.807, 2.05) is 36.1 Å². The van der Waals surface area contributed by atoms with Crippen molar-refractivity contribution < 1.29 is 14.3 Å². The van der Waals surface area contributed by atoms with E-state index in [0.717, 1.165) is 36.8 Å². The van der Waals surface area contributed by atoms with E-state index in [1.54, 1.807) is 0 Å². The summed E-state index contributed by atoms with van der Waals surface area (Å²) in [5.74, 6) is 0.0668. The minimum atomic E-state index is -0.144. The lowest BCUT2D eigenvalue weighted by Gasteiger charge is -2.38. The average molecular weight is 385 g/mol. The lowest BCUT2D eigenvalue weighted by Crippen LogP contribution is -2.47. The van der Waals surface area contributed by atoms with E-state index >= 15 is 0 Å². The quantitative estimate of drug-likeness (QED) is 0.870. The van der Waals surface area contributed by atoms with Gasteiger partial charge >= 0.3 is 0 Å². The molecule has 0 bridgehead atoms. The first-order valence-electron chi connectivity index (χ1n) is 10.8. The van der Waals surface area contributed by atoms with Gasteiger partial charge in [-0.05, 0) is 44.2 Å². The van der Waals surface area contributed by atoms with Crippen LogP contribution >= 0.6 is 0 Å². The first-order valence-corrected chi connectivity index (χ1v) is 10.8. The zero-order valence-corrected chi connectivity index (χ0v) is 16.9. The smallest absolute Gasteiger partial charge is 0.254 e. The summed E-state index contributed by atoms with van der Waals surface area (Å²) >= 11 is 0. The van der Waals surface area contributed by atoms with Crippen molar-refractivity contribution >= 4 is 11.8 Å². The van der Waals surface area contributed by atoms with Gasteiger partial charge in [-0.2, -0.15) is 0 Å². The van der Waals surface area contributed by atoms with Gasteiger partial charge in [-0.25, -0.2) is 0 Å². The zero-order chi connectivity index (χ0) is 19.6. The van der Waals surface area contributed by atoms with Crippen molar-refractivity contribution in [2.45, 2.75) is 57.9 Å². The van der Waals surface area contributed by atoms with Gasteiger partial charge in [0.2, 0.25) is 5.91 Å². The van der Waals surface area contributed by atoms with E-state index in [2.05, 4.69) is 5.32 Å². The summed E-state index contributed by atoms with van der Waals surface area (Å²) in [6, 6.07) is 8.04. The number of carbonyl (C=O) groups excluding carboxylic acids is 2. The number of ether oxygens (including phenoxy) is 1. The van der Waals surface area contributed by atoms with Crippen LogP contribution in [-0.4, -0.2) is 49.1 Å². The molecule has 2 heterocycles. The molecule has 1 unspecified atom stereocenters. The van der Waals surface area contributed by atoms with E-state index in [4.69, 9.17) is 4.74 Å². The SMILES string of the molecule is Cc1ccccc1C(=O)N1CC(C(=O)NC2CCCCC2)C2(CCOCC2)C1. The predicted octanol–water partition coefficient (Wildman–Crippen LogP) is 3.31. The number of likely N-dealkylation sites (tertiary alicyclic amines) is 1. The molecule has 0 radical (unpaired) electrons. The third-order valence-corrected chi connectivity index (χ3v) is 7.07. The molecule has 1 spiro atoms. The van der Waals surface area contributed by atoms with E-state index in [0.29, 0.717) is 32.3 Å². The normalized spacial score (nSPS) is 25.0. The van der Waals surface area contributed by atoms with Gasteiger partial charge in [-0.3, -0.25) is 9.59 Å². The average Bonchev–Trinajstić information content (AvgIpc) is 3.08. The second-order valence-electron chi connectivity index (χ2n) is 8.87. The Labute approximate surface area is 167 Å². The van der Waals surface area contributed by atoms with Gasteiger partial charge in [0.15, 0.2) is 0 Å². The molecule has 3 fully saturated rings. The minimum absolute atomic E-state index is 0.0527. The van der Waals surface area contributed by atoms with E-state index in [1.165, 1.54) is 19.3 Å². The van der Waals surface area contributed by atoms with E-state index in [9.17, 15) is 9.59 Å². The summed E-state index contributed by atoms with van der Waals surface area (Å²) in [4.78, 5) is 28.4. The fourth-order valence-corrected chi connectivity index (χ4v) is 5.30. The molecule has 4 rings (SSSR count). The molecule has 2 amide bonds. The Kier molecular flexibility index (Phi) is 5.72. The fourth-order valence-electron chi connectivity index (χ4n) is 5.30. The van der Waals surface area contributed by atoms with Gasteiger partial charge in [0.05, 0.1) is 5.92 Å². The monoisotopic (exact) mass is 384 g/mol. The number of hydrogen-bond acceptors (Lipinski definition) is 3. The van der Waals surface area contributed by atoms with Crippen molar-refractivity contribution in [2.24, 2.45) is 11.3 Å². The van der Waals surface area contributed by atoms with Gasteiger partial charge in [-0.15, -0.1) is 0 Å². The molecule has 2 saturated heterocycles. The molecule has 2 aliphatic heterocycles. The maximum Gasteiger partial charge on any atom is 0.254 e. The molecular weight excluding hydrogens is 352 g/mol. The second kappa shape index (κ2) is 8.24. The number of aryl methyl sites for hydroxylation is 1. The minimum Gasteiger partial charge on any atom is -0.381 e. The summed E-state index contributed by atoms with van der Waals surface area (Å²) in [7, 11) is 0. The number of benzene rings is 1. The third-order valence-electron chi connectivity index (χ3n) is 7.07. The van der Waals surface area contributed by atoms with Crippen LogP contribution in [0.5, 0.6) is 0 Å². The van der Waals surface area contributed by atoms with Crippen LogP contribution in [-0.2, 0) is 9.53 Å². The Morgan fingerprint density at radius 3 is 2.54 bits per heavy atom. The predicted molar refractivity (Wildman–Crippen MR) is 108 cm³/mol. The highest BCUT2D eigenvalue weighted by Gasteiger charge is 2.52. The Balaban J connectivity index is 1.53. The number of nitrogens with zero attached hydrogens (tertiary/aromatic N) is 1. The molecule has 152 valence electrons. The Bertz CT molecular complexity index is 720. The molecule has 0 aromatic heterocycles. The summed E-state index contributed by atoms with van der Waals surface area (Å²) in [5.41, 5.74) is 1.59. The third kappa shape index (κ3) is 3.82. The van der Waals surface area contributed by atoms with Gasteiger partial charge in [0.1, 0.15) is 0 Å². The summed E-state index contributed by atoms with van der Waals surface area (Å²) in [6.07, 6.45) is 7.55. The lowest BCUT2D eigenvalue weighted by atomic mass is 9.71. The van der Waals surface area contributed by atoms with Crippen LogP contribution < -0.4 is 5.32 Å². The Morgan fingerprint density at radius 1 is 1.11 bits per heavy atom. The lowest BCUT2D eigenvalue weighted by molar-refractivity contribution is -0.130.